The monoisotopic (exact) mass is 338 g/mol. The summed E-state index contributed by atoms with van der Waals surface area (Å²) in [7, 11) is 0. The number of carbonyl (C=O) groups excluding carboxylic acids is 2. The molecular formula is C20H22N2O3. The van der Waals surface area contributed by atoms with Crippen LogP contribution in [0.3, 0.4) is 0 Å². The second kappa shape index (κ2) is 7.66. The minimum atomic E-state index is -0.532. The van der Waals surface area contributed by atoms with Crippen molar-refractivity contribution in [1.82, 2.24) is 0 Å². The molecule has 0 aliphatic heterocycles. The van der Waals surface area contributed by atoms with E-state index in [0.29, 0.717) is 11.4 Å². The van der Waals surface area contributed by atoms with Gasteiger partial charge in [-0.1, -0.05) is 45.0 Å². The number of anilines is 2. The Bertz CT molecular complexity index is 787. The lowest BCUT2D eigenvalue weighted by Gasteiger charge is -2.19. The molecule has 2 aromatic carbocycles. The zero-order valence-corrected chi connectivity index (χ0v) is 14.5. The highest BCUT2D eigenvalue weighted by molar-refractivity contribution is 6.06. The molecule has 2 aromatic rings. The standard InChI is InChI=1S/C20H22N2O3/c1-20(2,3)19(25)22-17-7-5-4-6-16(17)21-18(24)13-10-14-8-11-15(23)12-9-14/h4-13,23H,1-3H3,(H,21,24)(H,22,25)/b13-10-. The first-order valence-electron chi connectivity index (χ1n) is 7.94. The highest BCUT2D eigenvalue weighted by atomic mass is 16.3. The van der Waals surface area contributed by atoms with Gasteiger partial charge in [-0.3, -0.25) is 9.59 Å². The van der Waals surface area contributed by atoms with Gasteiger partial charge in [-0.15, -0.1) is 0 Å². The Morgan fingerprint density at radius 2 is 1.48 bits per heavy atom. The maximum absolute atomic E-state index is 12.2. The summed E-state index contributed by atoms with van der Waals surface area (Å²) < 4.78 is 0. The molecule has 5 nitrogen and oxygen atoms in total. The van der Waals surface area contributed by atoms with Crippen molar-refractivity contribution < 1.29 is 14.7 Å². The summed E-state index contributed by atoms with van der Waals surface area (Å²) in [6.45, 7) is 5.47. The third-order valence-corrected chi connectivity index (χ3v) is 3.43. The van der Waals surface area contributed by atoms with Crippen molar-refractivity contribution in [3.8, 4) is 5.75 Å². The molecule has 0 heterocycles. The van der Waals surface area contributed by atoms with Crippen molar-refractivity contribution in [3.63, 3.8) is 0 Å². The van der Waals surface area contributed by atoms with Gasteiger partial charge in [-0.2, -0.15) is 0 Å². The van der Waals surface area contributed by atoms with Crippen molar-refractivity contribution in [2.75, 3.05) is 10.6 Å². The van der Waals surface area contributed by atoms with Gasteiger partial charge in [-0.05, 0) is 35.9 Å². The Kier molecular flexibility index (Phi) is 5.60. The van der Waals surface area contributed by atoms with Gasteiger partial charge in [0.15, 0.2) is 0 Å². The van der Waals surface area contributed by atoms with Crippen molar-refractivity contribution in [1.29, 1.82) is 0 Å². The highest BCUT2D eigenvalue weighted by Gasteiger charge is 2.22. The SMILES string of the molecule is CC(C)(C)C(=O)Nc1ccccc1NC(=O)/C=C\c1ccc(O)cc1. The molecule has 0 radical (unpaired) electrons. The quantitative estimate of drug-likeness (QED) is 0.737. The third kappa shape index (κ3) is 5.49. The number of phenols is 1. The van der Waals surface area contributed by atoms with E-state index in [0.717, 1.165) is 5.56 Å². The van der Waals surface area contributed by atoms with Gasteiger partial charge < -0.3 is 15.7 Å². The molecule has 5 heteroatoms. The highest BCUT2D eigenvalue weighted by Crippen LogP contribution is 2.24. The molecule has 0 spiro atoms. The lowest BCUT2D eigenvalue weighted by atomic mass is 9.95. The molecule has 2 rings (SSSR count). The summed E-state index contributed by atoms with van der Waals surface area (Å²) in [4.78, 5) is 24.3. The maximum atomic E-state index is 12.2. The topological polar surface area (TPSA) is 78.4 Å². The van der Waals surface area contributed by atoms with Crippen molar-refractivity contribution in [2.45, 2.75) is 20.8 Å². The van der Waals surface area contributed by atoms with E-state index < -0.39 is 5.41 Å². The first-order valence-corrected chi connectivity index (χ1v) is 7.94. The number of para-hydroxylation sites is 2. The van der Waals surface area contributed by atoms with Gasteiger partial charge in [0.2, 0.25) is 11.8 Å². The van der Waals surface area contributed by atoms with E-state index in [1.807, 2.05) is 20.8 Å². The Hall–Kier alpha value is -3.08. The molecule has 3 N–H and O–H groups in total. The van der Waals surface area contributed by atoms with Crippen LogP contribution in [0.4, 0.5) is 11.4 Å². The average Bonchev–Trinajstić information content (AvgIpc) is 2.55. The number of benzene rings is 2. The van der Waals surface area contributed by atoms with Crippen LogP contribution in [0.2, 0.25) is 0 Å². The molecule has 0 unspecified atom stereocenters. The Morgan fingerprint density at radius 1 is 0.920 bits per heavy atom. The van der Waals surface area contributed by atoms with Crippen LogP contribution in [0.5, 0.6) is 5.75 Å². The summed E-state index contributed by atoms with van der Waals surface area (Å²) in [5.74, 6) is -0.274. The minimum Gasteiger partial charge on any atom is -0.508 e. The zero-order chi connectivity index (χ0) is 18.4. The Balaban J connectivity index is 2.08. The smallest absolute Gasteiger partial charge is 0.248 e. The van der Waals surface area contributed by atoms with Crippen LogP contribution in [0.25, 0.3) is 6.08 Å². The van der Waals surface area contributed by atoms with E-state index in [-0.39, 0.29) is 17.6 Å². The minimum absolute atomic E-state index is 0.131. The summed E-state index contributed by atoms with van der Waals surface area (Å²) in [6, 6.07) is 13.6. The van der Waals surface area contributed by atoms with E-state index in [1.54, 1.807) is 54.6 Å². The molecule has 0 aromatic heterocycles. The van der Waals surface area contributed by atoms with Crippen molar-refractivity contribution in [3.05, 3.63) is 60.2 Å². The van der Waals surface area contributed by atoms with Crippen molar-refractivity contribution >= 4 is 29.3 Å². The fourth-order valence-corrected chi connectivity index (χ4v) is 1.94. The van der Waals surface area contributed by atoms with Gasteiger partial charge in [0.05, 0.1) is 11.4 Å². The fraction of sp³-hybridized carbons (Fsp3) is 0.200. The number of carbonyl (C=O) groups is 2. The van der Waals surface area contributed by atoms with Crippen LogP contribution in [0, 0.1) is 5.41 Å². The van der Waals surface area contributed by atoms with Crippen molar-refractivity contribution in [2.24, 2.45) is 5.41 Å². The van der Waals surface area contributed by atoms with Gasteiger partial charge in [-0.25, -0.2) is 0 Å². The predicted molar refractivity (Wildman–Crippen MR) is 100 cm³/mol. The van der Waals surface area contributed by atoms with E-state index in [2.05, 4.69) is 10.6 Å². The molecule has 130 valence electrons. The van der Waals surface area contributed by atoms with E-state index in [9.17, 15) is 14.7 Å². The summed E-state index contributed by atoms with van der Waals surface area (Å²) in [5, 5.41) is 14.8. The third-order valence-electron chi connectivity index (χ3n) is 3.43. The lowest BCUT2D eigenvalue weighted by molar-refractivity contribution is -0.123. The molecule has 25 heavy (non-hydrogen) atoms. The second-order valence-electron chi connectivity index (χ2n) is 6.66. The molecule has 0 fully saturated rings. The first-order chi connectivity index (χ1) is 11.8. The summed E-state index contributed by atoms with van der Waals surface area (Å²) >= 11 is 0. The lowest BCUT2D eigenvalue weighted by Crippen LogP contribution is -2.28. The van der Waals surface area contributed by atoms with E-state index in [4.69, 9.17) is 0 Å². The number of phenolic OH excluding ortho intramolecular Hbond substituents is 1. The van der Waals surface area contributed by atoms with Crippen LogP contribution in [0.15, 0.2) is 54.6 Å². The number of aromatic hydroxyl groups is 1. The van der Waals surface area contributed by atoms with Gasteiger partial charge in [0.25, 0.3) is 0 Å². The molecule has 0 aliphatic rings. The zero-order valence-electron chi connectivity index (χ0n) is 14.5. The Labute approximate surface area is 147 Å². The molecule has 2 amide bonds. The molecule has 0 atom stereocenters. The second-order valence-corrected chi connectivity index (χ2v) is 6.66. The summed E-state index contributed by atoms with van der Waals surface area (Å²) in [5.41, 5.74) is 1.34. The van der Waals surface area contributed by atoms with Crippen LogP contribution < -0.4 is 10.6 Å². The fourth-order valence-electron chi connectivity index (χ4n) is 1.94. The number of rotatable bonds is 4. The van der Waals surface area contributed by atoms with Gasteiger partial charge in [0, 0.05) is 11.5 Å². The molecule has 0 bridgehead atoms. The number of amides is 2. The number of hydrogen-bond donors (Lipinski definition) is 3. The average molecular weight is 338 g/mol. The summed E-state index contributed by atoms with van der Waals surface area (Å²) in [6.07, 6.45) is 3.04. The normalized spacial score (nSPS) is 11.3. The van der Waals surface area contributed by atoms with Gasteiger partial charge >= 0.3 is 0 Å². The number of nitrogens with one attached hydrogen (secondary N) is 2. The number of hydrogen-bond acceptors (Lipinski definition) is 3. The molecule has 0 aliphatic carbocycles. The first kappa shape index (κ1) is 18.3. The largest absolute Gasteiger partial charge is 0.508 e. The molecule has 0 saturated heterocycles. The van der Waals surface area contributed by atoms with Gasteiger partial charge in [0.1, 0.15) is 5.75 Å². The molecular weight excluding hydrogens is 316 g/mol. The van der Waals surface area contributed by atoms with Crippen LogP contribution in [-0.4, -0.2) is 16.9 Å². The van der Waals surface area contributed by atoms with Crippen LogP contribution in [-0.2, 0) is 9.59 Å². The molecule has 0 saturated carbocycles. The Morgan fingerprint density at radius 3 is 2.04 bits per heavy atom. The maximum Gasteiger partial charge on any atom is 0.248 e. The van der Waals surface area contributed by atoms with Crippen LogP contribution >= 0.6 is 0 Å². The van der Waals surface area contributed by atoms with E-state index >= 15 is 0 Å². The van der Waals surface area contributed by atoms with Crippen LogP contribution in [0.1, 0.15) is 26.3 Å². The predicted octanol–water partition coefficient (Wildman–Crippen LogP) is 4.03. The van der Waals surface area contributed by atoms with E-state index in [1.165, 1.54) is 6.08 Å².